The molecule has 0 aromatic carbocycles. The van der Waals surface area contributed by atoms with E-state index in [9.17, 15) is 4.79 Å². The minimum atomic E-state index is 0.460. The van der Waals surface area contributed by atoms with Crippen LogP contribution in [-0.2, 0) is 4.79 Å². The Morgan fingerprint density at radius 2 is 1.71 bits per heavy atom. The average Bonchev–Trinajstić information content (AvgIpc) is 2.76. The fourth-order valence-electron chi connectivity index (χ4n) is 3.92. The fraction of sp³-hybridized carbons (Fsp3) is 0.917. The first-order valence-corrected chi connectivity index (χ1v) is 6.24. The molecule has 1 heterocycles. The number of quaternary nitrogens is 1. The van der Waals surface area contributed by atoms with Gasteiger partial charge in [-0.05, 0) is 19.3 Å². The number of Topliss-reactive ketones (excluding diaryl/α,β-unsaturated/α-hetero) is 1. The van der Waals surface area contributed by atoms with Gasteiger partial charge >= 0.3 is 0 Å². The van der Waals surface area contributed by atoms with E-state index in [1.54, 1.807) is 4.90 Å². The minimum absolute atomic E-state index is 0.460. The molecule has 0 unspecified atom stereocenters. The predicted molar refractivity (Wildman–Crippen MR) is 54.2 cm³/mol. The SMILES string of the molecule is O=C1[C@@H]2CC[C@H]1[C@@H]([NH+]1CCCC1)CC2. The Kier molecular flexibility index (Phi) is 2.12. The van der Waals surface area contributed by atoms with Crippen molar-refractivity contribution in [3.8, 4) is 0 Å². The molecule has 0 aromatic heterocycles. The van der Waals surface area contributed by atoms with Gasteiger partial charge in [0.15, 0.2) is 0 Å². The van der Waals surface area contributed by atoms with Gasteiger partial charge in [0.2, 0.25) is 0 Å². The summed E-state index contributed by atoms with van der Waals surface area (Å²) in [5.41, 5.74) is 0. The summed E-state index contributed by atoms with van der Waals surface area (Å²) in [5.74, 6) is 1.56. The van der Waals surface area contributed by atoms with Crippen LogP contribution in [0.15, 0.2) is 0 Å². The maximum atomic E-state index is 11.9. The second kappa shape index (κ2) is 3.34. The minimum Gasteiger partial charge on any atom is -0.332 e. The molecule has 1 aliphatic heterocycles. The lowest BCUT2D eigenvalue weighted by Gasteiger charge is -2.32. The van der Waals surface area contributed by atoms with E-state index < -0.39 is 0 Å². The molecule has 1 saturated heterocycles. The zero-order valence-electron chi connectivity index (χ0n) is 8.80. The molecule has 3 rings (SSSR count). The van der Waals surface area contributed by atoms with E-state index in [2.05, 4.69) is 0 Å². The largest absolute Gasteiger partial charge is 0.332 e. The standard InChI is InChI=1S/C12H19NO/c14-12-9-3-5-10(12)11(6-4-9)13-7-1-2-8-13/h9-11H,1-8H2/p+1/t9-,10+,11+/m1/s1. The Morgan fingerprint density at radius 3 is 2.50 bits per heavy atom. The molecule has 2 aliphatic carbocycles. The number of rotatable bonds is 1. The molecule has 0 amide bonds. The number of likely N-dealkylation sites (tertiary alicyclic amines) is 1. The lowest BCUT2D eigenvalue weighted by molar-refractivity contribution is -0.917. The van der Waals surface area contributed by atoms with Crippen LogP contribution in [-0.4, -0.2) is 24.9 Å². The molecule has 2 bridgehead atoms. The van der Waals surface area contributed by atoms with Gasteiger partial charge in [-0.1, -0.05) is 0 Å². The van der Waals surface area contributed by atoms with Gasteiger partial charge in [0, 0.05) is 25.2 Å². The molecule has 2 heteroatoms. The van der Waals surface area contributed by atoms with Gasteiger partial charge in [0.05, 0.1) is 25.0 Å². The number of nitrogens with one attached hydrogen (secondary N) is 1. The number of hydrogen-bond donors (Lipinski definition) is 1. The van der Waals surface area contributed by atoms with E-state index in [-0.39, 0.29) is 0 Å². The Labute approximate surface area is 85.7 Å². The topological polar surface area (TPSA) is 21.5 Å². The third kappa shape index (κ3) is 1.23. The predicted octanol–water partition coefficient (Wildman–Crippen LogP) is 0.423. The van der Waals surface area contributed by atoms with Crippen molar-refractivity contribution in [2.24, 2.45) is 11.8 Å². The van der Waals surface area contributed by atoms with Crippen molar-refractivity contribution in [1.82, 2.24) is 0 Å². The van der Waals surface area contributed by atoms with Crippen molar-refractivity contribution in [1.29, 1.82) is 0 Å². The van der Waals surface area contributed by atoms with Crippen LogP contribution in [0, 0.1) is 11.8 Å². The van der Waals surface area contributed by atoms with Crippen LogP contribution in [0.5, 0.6) is 0 Å². The molecule has 14 heavy (non-hydrogen) atoms. The molecule has 1 N–H and O–H groups in total. The summed E-state index contributed by atoms with van der Waals surface area (Å²) >= 11 is 0. The maximum Gasteiger partial charge on any atom is 0.144 e. The van der Waals surface area contributed by atoms with Crippen molar-refractivity contribution in [3.63, 3.8) is 0 Å². The Morgan fingerprint density at radius 1 is 1.00 bits per heavy atom. The lowest BCUT2D eigenvalue weighted by Crippen LogP contribution is -3.15. The van der Waals surface area contributed by atoms with Gasteiger partial charge in [0.25, 0.3) is 0 Å². The highest BCUT2D eigenvalue weighted by Gasteiger charge is 2.47. The van der Waals surface area contributed by atoms with Gasteiger partial charge in [-0.3, -0.25) is 4.79 Å². The molecular formula is C12H20NO+. The first-order chi connectivity index (χ1) is 6.86. The zero-order valence-corrected chi connectivity index (χ0v) is 8.80. The summed E-state index contributed by atoms with van der Waals surface area (Å²) < 4.78 is 0. The summed E-state index contributed by atoms with van der Waals surface area (Å²) in [6.45, 7) is 2.66. The number of hydrogen-bond acceptors (Lipinski definition) is 1. The quantitative estimate of drug-likeness (QED) is 0.642. The highest BCUT2D eigenvalue weighted by Crippen LogP contribution is 2.38. The maximum absolute atomic E-state index is 11.9. The van der Waals surface area contributed by atoms with Crippen molar-refractivity contribution >= 4 is 5.78 Å². The van der Waals surface area contributed by atoms with Gasteiger partial charge in [-0.25, -0.2) is 0 Å². The van der Waals surface area contributed by atoms with Crippen molar-refractivity contribution in [2.75, 3.05) is 13.1 Å². The molecular weight excluding hydrogens is 174 g/mol. The molecule has 3 aliphatic rings. The number of ketones is 1. The van der Waals surface area contributed by atoms with Crippen molar-refractivity contribution < 1.29 is 9.69 Å². The van der Waals surface area contributed by atoms with E-state index in [0.29, 0.717) is 23.7 Å². The van der Waals surface area contributed by atoms with Crippen molar-refractivity contribution in [2.45, 2.75) is 44.6 Å². The van der Waals surface area contributed by atoms with E-state index in [1.807, 2.05) is 0 Å². The molecule has 2 saturated carbocycles. The van der Waals surface area contributed by atoms with E-state index in [0.717, 1.165) is 0 Å². The Bertz CT molecular complexity index is 245. The molecule has 3 fully saturated rings. The second-order valence-corrected chi connectivity index (χ2v) is 5.33. The van der Waals surface area contributed by atoms with Gasteiger partial charge < -0.3 is 4.90 Å². The van der Waals surface area contributed by atoms with Crippen LogP contribution in [0.3, 0.4) is 0 Å². The van der Waals surface area contributed by atoms with Gasteiger partial charge in [-0.15, -0.1) is 0 Å². The summed E-state index contributed by atoms with van der Waals surface area (Å²) in [5, 5.41) is 0. The highest BCUT2D eigenvalue weighted by atomic mass is 16.1. The number of carbonyl (C=O) groups excluding carboxylic acids is 1. The van der Waals surface area contributed by atoms with Crippen molar-refractivity contribution in [3.05, 3.63) is 0 Å². The molecule has 0 aromatic rings. The summed E-state index contributed by atoms with van der Waals surface area (Å²) in [6.07, 6.45) is 7.71. The smallest absolute Gasteiger partial charge is 0.144 e. The molecule has 78 valence electrons. The average molecular weight is 194 g/mol. The third-order valence-corrected chi connectivity index (χ3v) is 4.68. The summed E-state index contributed by atoms with van der Waals surface area (Å²) in [7, 11) is 0. The fourth-order valence-corrected chi connectivity index (χ4v) is 3.92. The Hall–Kier alpha value is -0.370. The zero-order chi connectivity index (χ0) is 9.54. The normalized spacial score (nSPS) is 43.4. The van der Waals surface area contributed by atoms with Crippen LogP contribution in [0.1, 0.15) is 38.5 Å². The number of carbonyl (C=O) groups is 1. The van der Waals surface area contributed by atoms with Gasteiger partial charge in [0.1, 0.15) is 5.78 Å². The first-order valence-electron chi connectivity index (χ1n) is 6.24. The van der Waals surface area contributed by atoms with E-state index >= 15 is 0 Å². The van der Waals surface area contributed by atoms with Gasteiger partial charge in [-0.2, -0.15) is 0 Å². The van der Waals surface area contributed by atoms with Crippen LogP contribution in [0.4, 0.5) is 0 Å². The third-order valence-electron chi connectivity index (χ3n) is 4.68. The monoisotopic (exact) mass is 194 g/mol. The van der Waals surface area contributed by atoms with Crippen LogP contribution >= 0.6 is 0 Å². The first kappa shape index (κ1) is 8.90. The molecule has 2 nitrogen and oxygen atoms in total. The van der Waals surface area contributed by atoms with E-state index in [1.165, 1.54) is 51.6 Å². The van der Waals surface area contributed by atoms with E-state index in [4.69, 9.17) is 0 Å². The van der Waals surface area contributed by atoms with Crippen LogP contribution in [0.2, 0.25) is 0 Å². The lowest BCUT2D eigenvalue weighted by atomic mass is 9.83. The summed E-state index contributed by atoms with van der Waals surface area (Å²) in [6, 6.07) is 0.712. The second-order valence-electron chi connectivity index (χ2n) is 5.33. The Balaban J connectivity index is 1.76. The van der Waals surface area contributed by atoms with Crippen LogP contribution in [0.25, 0.3) is 0 Å². The number of fused-ring (bicyclic) bond motifs is 2. The molecule has 3 atom stereocenters. The molecule has 0 radical (unpaired) electrons. The van der Waals surface area contributed by atoms with Crippen LogP contribution < -0.4 is 4.90 Å². The summed E-state index contributed by atoms with van der Waals surface area (Å²) in [4.78, 5) is 13.7. The molecule has 0 spiro atoms. The highest BCUT2D eigenvalue weighted by molar-refractivity contribution is 5.86.